The molecule has 1 aliphatic rings. The van der Waals surface area contributed by atoms with Crippen LogP contribution in [0.5, 0.6) is 5.75 Å². The Morgan fingerprint density at radius 2 is 1.96 bits per heavy atom. The summed E-state index contributed by atoms with van der Waals surface area (Å²) in [5, 5.41) is 0.653. The lowest BCUT2D eigenvalue weighted by molar-refractivity contribution is 0.0596. The van der Waals surface area contributed by atoms with Crippen LogP contribution >= 0.6 is 0 Å². The summed E-state index contributed by atoms with van der Waals surface area (Å²) in [7, 11) is 1.23. The third-order valence-electron chi connectivity index (χ3n) is 4.79. The fourth-order valence-corrected chi connectivity index (χ4v) is 3.46. The molecule has 0 saturated heterocycles. The molecule has 0 atom stereocenters. The van der Waals surface area contributed by atoms with Crippen molar-refractivity contribution in [2.24, 2.45) is 0 Å². The Hall–Kier alpha value is -3.28. The molecule has 2 aromatic carbocycles. The third-order valence-corrected chi connectivity index (χ3v) is 4.79. The Morgan fingerprint density at radius 3 is 2.70 bits per heavy atom. The number of esters is 1. The van der Waals surface area contributed by atoms with Crippen LogP contribution in [0.15, 0.2) is 45.6 Å². The summed E-state index contributed by atoms with van der Waals surface area (Å²) in [5.41, 5.74) is 3.79. The molecule has 0 spiro atoms. The fourth-order valence-electron chi connectivity index (χ4n) is 3.46. The van der Waals surface area contributed by atoms with Crippen LogP contribution in [0.25, 0.3) is 11.0 Å². The van der Waals surface area contributed by atoms with E-state index in [0.717, 1.165) is 16.8 Å². The molecule has 0 saturated carbocycles. The Kier molecular flexibility index (Phi) is 4.11. The van der Waals surface area contributed by atoms with Crippen LogP contribution in [0, 0.1) is 13.8 Å². The van der Waals surface area contributed by atoms with Gasteiger partial charge in [0, 0.05) is 11.1 Å². The topological polar surface area (TPSA) is 69.0 Å². The number of aryl methyl sites for hydroxylation is 2. The van der Waals surface area contributed by atoms with Crippen molar-refractivity contribution in [3.05, 3.63) is 69.1 Å². The third kappa shape index (κ3) is 2.93. The first kappa shape index (κ1) is 17.1. The normalized spacial score (nSPS) is 13.2. The van der Waals surface area contributed by atoms with E-state index in [-0.39, 0.29) is 5.56 Å². The summed E-state index contributed by atoms with van der Waals surface area (Å²) in [6.45, 7) is 5.06. The zero-order chi connectivity index (χ0) is 19.1. The number of ether oxygens (including phenoxy) is 2. The number of anilines is 1. The number of hydrogen-bond acceptors (Lipinski definition) is 6. The minimum atomic E-state index is -0.716. The van der Waals surface area contributed by atoms with Gasteiger partial charge in [0.15, 0.2) is 6.73 Å². The van der Waals surface area contributed by atoms with E-state index in [9.17, 15) is 9.59 Å². The Labute approximate surface area is 155 Å². The summed E-state index contributed by atoms with van der Waals surface area (Å²) in [5.74, 6) is -0.0333. The van der Waals surface area contributed by atoms with Crippen molar-refractivity contribution in [2.75, 3.05) is 18.7 Å². The molecule has 0 amide bonds. The predicted molar refractivity (Wildman–Crippen MR) is 101 cm³/mol. The lowest BCUT2D eigenvalue weighted by atomic mass is 10.1. The molecule has 0 unspecified atom stereocenters. The number of carbonyl (C=O) groups excluding carboxylic acids is 1. The molecule has 0 aliphatic carbocycles. The van der Waals surface area contributed by atoms with Gasteiger partial charge in [-0.25, -0.2) is 9.59 Å². The Morgan fingerprint density at radius 1 is 1.15 bits per heavy atom. The van der Waals surface area contributed by atoms with E-state index in [2.05, 4.69) is 41.7 Å². The van der Waals surface area contributed by atoms with Gasteiger partial charge in [-0.3, -0.25) is 0 Å². The number of rotatable bonds is 2. The van der Waals surface area contributed by atoms with E-state index in [0.29, 0.717) is 30.0 Å². The first-order chi connectivity index (χ1) is 13.0. The number of carbonyl (C=O) groups is 1. The molecule has 1 aromatic heterocycles. The summed E-state index contributed by atoms with van der Waals surface area (Å²) in [6, 6.07) is 11.4. The molecule has 0 N–H and O–H groups in total. The van der Waals surface area contributed by atoms with Crippen LogP contribution in [-0.4, -0.2) is 19.8 Å². The van der Waals surface area contributed by atoms with Crippen LogP contribution in [0.1, 0.15) is 27.0 Å². The van der Waals surface area contributed by atoms with Gasteiger partial charge in [0.2, 0.25) is 0 Å². The second kappa shape index (κ2) is 6.46. The van der Waals surface area contributed by atoms with Gasteiger partial charge in [-0.05, 0) is 43.7 Å². The summed E-state index contributed by atoms with van der Waals surface area (Å²) >= 11 is 0. The average Bonchev–Trinajstić information content (AvgIpc) is 2.66. The van der Waals surface area contributed by atoms with Gasteiger partial charge >= 0.3 is 11.6 Å². The van der Waals surface area contributed by atoms with Gasteiger partial charge < -0.3 is 18.8 Å². The van der Waals surface area contributed by atoms with Crippen molar-refractivity contribution >= 4 is 22.6 Å². The molecule has 1 aliphatic heterocycles. The lowest BCUT2D eigenvalue weighted by Gasteiger charge is -2.32. The van der Waals surface area contributed by atoms with Crippen LogP contribution in [-0.2, 0) is 11.3 Å². The van der Waals surface area contributed by atoms with E-state index < -0.39 is 11.6 Å². The average molecular weight is 365 g/mol. The van der Waals surface area contributed by atoms with Gasteiger partial charge in [0.25, 0.3) is 0 Å². The Bertz CT molecular complexity index is 1120. The van der Waals surface area contributed by atoms with Crippen molar-refractivity contribution in [1.82, 2.24) is 0 Å². The van der Waals surface area contributed by atoms with Crippen molar-refractivity contribution in [3.63, 3.8) is 0 Å². The highest BCUT2D eigenvalue weighted by atomic mass is 16.5. The Balaban J connectivity index is 1.80. The standard InChI is InChI=1S/C21H19NO5/c1-12-4-6-17(13(2)8-12)22-10-16-18(26-11-22)7-5-14-9-15(20(23)25-3)21(24)27-19(14)16/h4-9H,10-11H2,1-3H3. The highest BCUT2D eigenvalue weighted by Gasteiger charge is 2.24. The molecule has 0 radical (unpaired) electrons. The molecule has 2 heterocycles. The first-order valence-corrected chi connectivity index (χ1v) is 8.61. The van der Waals surface area contributed by atoms with E-state index in [1.807, 2.05) is 6.07 Å². The summed E-state index contributed by atoms with van der Waals surface area (Å²) < 4.78 is 16.0. The molecule has 0 fully saturated rings. The summed E-state index contributed by atoms with van der Waals surface area (Å²) in [4.78, 5) is 26.1. The van der Waals surface area contributed by atoms with Gasteiger partial charge in [-0.1, -0.05) is 17.7 Å². The quantitative estimate of drug-likeness (QED) is 0.511. The van der Waals surface area contributed by atoms with Crippen molar-refractivity contribution in [1.29, 1.82) is 0 Å². The molecule has 6 heteroatoms. The number of nitrogens with zero attached hydrogens (tertiary/aromatic N) is 1. The zero-order valence-electron chi connectivity index (χ0n) is 15.4. The highest BCUT2D eigenvalue weighted by Crippen LogP contribution is 2.34. The van der Waals surface area contributed by atoms with Crippen LogP contribution in [0.3, 0.4) is 0 Å². The van der Waals surface area contributed by atoms with Crippen molar-refractivity contribution < 1.29 is 18.7 Å². The lowest BCUT2D eigenvalue weighted by Crippen LogP contribution is -2.32. The van der Waals surface area contributed by atoms with Gasteiger partial charge in [0.05, 0.1) is 19.2 Å². The van der Waals surface area contributed by atoms with E-state index in [1.165, 1.54) is 18.7 Å². The van der Waals surface area contributed by atoms with Crippen molar-refractivity contribution in [2.45, 2.75) is 20.4 Å². The van der Waals surface area contributed by atoms with E-state index in [1.54, 1.807) is 6.07 Å². The number of fused-ring (bicyclic) bond motifs is 3. The number of benzene rings is 2. The van der Waals surface area contributed by atoms with Crippen molar-refractivity contribution in [3.8, 4) is 5.75 Å². The van der Waals surface area contributed by atoms with Gasteiger partial charge in [-0.15, -0.1) is 0 Å². The van der Waals surface area contributed by atoms with Crippen LogP contribution in [0.4, 0.5) is 5.69 Å². The fraction of sp³-hybridized carbons (Fsp3) is 0.238. The van der Waals surface area contributed by atoms with Crippen LogP contribution < -0.4 is 15.3 Å². The first-order valence-electron chi connectivity index (χ1n) is 8.61. The maximum absolute atomic E-state index is 12.2. The SMILES string of the molecule is COC(=O)c1cc2ccc3c(c2oc1=O)CN(c1ccc(C)cc1C)CO3. The molecule has 4 rings (SSSR count). The monoisotopic (exact) mass is 365 g/mol. The molecular formula is C21H19NO5. The van der Waals surface area contributed by atoms with Gasteiger partial charge in [-0.2, -0.15) is 0 Å². The predicted octanol–water partition coefficient (Wildman–Crippen LogP) is 3.55. The minimum absolute atomic E-state index is 0.118. The maximum Gasteiger partial charge on any atom is 0.351 e. The molecule has 0 bridgehead atoms. The molecule has 3 aromatic rings. The number of methoxy groups -OCH3 is 1. The largest absolute Gasteiger partial charge is 0.473 e. The smallest absolute Gasteiger partial charge is 0.351 e. The molecule has 6 nitrogen and oxygen atoms in total. The summed E-state index contributed by atoms with van der Waals surface area (Å²) in [6.07, 6.45) is 0. The zero-order valence-corrected chi connectivity index (χ0v) is 15.4. The second-order valence-corrected chi connectivity index (χ2v) is 6.66. The van der Waals surface area contributed by atoms with E-state index in [4.69, 9.17) is 9.15 Å². The van der Waals surface area contributed by atoms with Gasteiger partial charge in [0.1, 0.15) is 16.9 Å². The second-order valence-electron chi connectivity index (χ2n) is 6.66. The van der Waals surface area contributed by atoms with E-state index >= 15 is 0 Å². The molecular weight excluding hydrogens is 346 g/mol. The number of hydrogen-bond donors (Lipinski definition) is 0. The minimum Gasteiger partial charge on any atom is -0.473 e. The maximum atomic E-state index is 12.2. The highest BCUT2D eigenvalue weighted by molar-refractivity contribution is 5.94. The van der Waals surface area contributed by atoms with Crippen LogP contribution in [0.2, 0.25) is 0 Å². The molecule has 138 valence electrons. The molecule has 27 heavy (non-hydrogen) atoms.